The summed E-state index contributed by atoms with van der Waals surface area (Å²) in [6.07, 6.45) is 1.21. The highest BCUT2D eigenvalue weighted by Crippen LogP contribution is 2.26. The van der Waals surface area contributed by atoms with Gasteiger partial charge in [-0.1, -0.05) is 32.6 Å². The second kappa shape index (κ2) is 11.9. The first-order valence-corrected chi connectivity index (χ1v) is 11.9. The molecule has 0 saturated carbocycles. The number of nitrogens with one attached hydrogen (secondary N) is 2. The van der Waals surface area contributed by atoms with Crippen LogP contribution in [0.1, 0.15) is 13.8 Å². The average molecular weight is 487 g/mol. The third-order valence-corrected chi connectivity index (χ3v) is 5.52. The molecule has 0 aliphatic carbocycles. The molecule has 0 saturated heterocycles. The van der Waals surface area contributed by atoms with Gasteiger partial charge in [0, 0.05) is 30.1 Å². The average Bonchev–Trinajstić information content (AvgIpc) is 3.31. The van der Waals surface area contributed by atoms with Crippen LogP contribution in [0.3, 0.4) is 0 Å². The van der Waals surface area contributed by atoms with Gasteiger partial charge in [0.15, 0.2) is 5.65 Å². The minimum absolute atomic E-state index is 0.291. The molecule has 2 aromatic carbocycles. The highest BCUT2D eigenvalue weighted by molar-refractivity contribution is 5.98. The topological polar surface area (TPSA) is 93.0 Å². The molecule has 0 unspecified atom stereocenters. The summed E-state index contributed by atoms with van der Waals surface area (Å²) >= 11 is 0. The number of anilines is 3. The summed E-state index contributed by atoms with van der Waals surface area (Å²) in [6, 6.07) is 20.3. The molecule has 4 aromatic rings. The van der Waals surface area contributed by atoms with Crippen molar-refractivity contribution in [2.45, 2.75) is 13.8 Å². The van der Waals surface area contributed by atoms with Gasteiger partial charge in [0.2, 0.25) is 17.7 Å². The second-order valence-electron chi connectivity index (χ2n) is 7.92. The van der Waals surface area contributed by atoms with Crippen LogP contribution >= 0.6 is 0 Å². The maximum Gasteiger partial charge on any atom is 0.247 e. The van der Waals surface area contributed by atoms with Crippen LogP contribution in [0.15, 0.2) is 79.4 Å². The molecule has 1 amide bonds. The maximum atomic E-state index is 11.6. The largest absolute Gasteiger partial charge is 0.492 e. The van der Waals surface area contributed by atoms with Gasteiger partial charge < -0.3 is 25.0 Å². The fourth-order valence-electron chi connectivity index (χ4n) is 3.56. The van der Waals surface area contributed by atoms with E-state index in [1.54, 1.807) is 34.8 Å². The molecular formula is C27H30N6O3. The van der Waals surface area contributed by atoms with Crippen molar-refractivity contribution < 1.29 is 14.3 Å². The quantitative estimate of drug-likeness (QED) is 0.269. The van der Waals surface area contributed by atoms with E-state index in [2.05, 4.69) is 46.0 Å². The molecule has 9 nitrogen and oxygen atoms in total. The van der Waals surface area contributed by atoms with Gasteiger partial charge >= 0.3 is 0 Å². The number of carbonyl (C=O) groups is 1. The van der Waals surface area contributed by atoms with Crippen molar-refractivity contribution in [1.82, 2.24) is 19.5 Å². The molecule has 9 heteroatoms. The van der Waals surface area contributed by atoms with Crippen molar-refractivity contribution >= 4 is 28.9 Å². The summed E-state index contributed by atoms with van der Waals surface area (Å²) in [7, 11) is 0. The molecule has 0 aliphatic rings. The van der Waals surface area contributed by atoms with E-state index in [9.17, 15) is 4.79 Å². The van der Waals surface area contributed by atoms with Gasteiger partial charge in [0.05, 0.1) is 0 Å². The number of ether oxygens (including phenoxy) is 2. The Kier molecular flexibility index (Phi) is 8.15. The first kappa shape index (κ1) is 24.7. The minimum Gasteiger partial charge on any atom is -0.492 e. The molecule has 2 N–H and O–H groups in total. The van der Waals surface area contributed by atoms with E-state index in [-0.39, 0.29) is 5.91 Å². The Hall–Kier alpha value is -4.37. The predicted molar refractivity (Wildman–Crippen MR) is 141 cm³/mol. The van der Waals surface area contributed by atoms with Crippen LogP contribution in [-0.2, 0) is 4.79 Å². The molecule has 0 bridgehead atoms. The lowest BCUT2D eigenvalue weighted by Gasteiger charge is -2.18. The Morgan fingerprint density at radius 2 is 1.81 bits per heavy atom. The SMILES string of the molecule is C=CC(=O)Nc1cccc(Oc2cccc3nc(Nc4ccc(OCCN(CC)CC)cc4)nn23)c1. The summed E-state index contributed by atoms with van der Waals surface area (Å²) < 4.78 is 13.5. The van der Waals surface area contributed by atoms with Crippen molar-refractivity contribution in [3.63, 3.8) is 0 Å². The zero-order chi connectivity index (χ0) is 25.3. The molecular weight excluding hydrogens is 456 g/mol. The Morgan fingerprint density at radius 1 is 1.03 bits per heavy atom. The lowest BCUT2D eigenvalue weighted by atomic mass is 10.3. The van der Waals surface area contributed by atoms with Gasteiger partial charge in [0.25, 0.3) is 0 Å². The number of rotatable bonds is 12. The minimum atomic E-state index is -0.291. The Labute approximate surface area is 210 Å². The highest BCUT2D eigenvalue weighted by atomic mass is 16.5. The predicted octanol–water partition coefficient (Wildman–Crippen LogP) is 5.11. The molecule has 2 aromatic heterocycles. The molecule has 0 spiro atoms. The molecule has 4 rings (SSSR count). The summed E-state index contributed by atoms with van der Waals surface area (Å²) in [5.74, 6) is 2.00. The Bertz CT molecular complexity index is 1310. The zero-order valence-corrected chi connectivity index (χ0v) is 20.5. The second-order valence-corrected chi connectivity index (χ2v) is 7.92. The van der Waals surface area contributed by atoms with Crippen LogP contribution in [0.4, 0.5) is 17.3 Å². The number of aromatic nitrogens is 3. The van der Waals surface area contributed by atoms with Crippen LogP contribution in [0.5, 0.6) is 17.4 Å². The van der Waals surface area contributed by atoms with Crippen LogP contribution in [0.2, 0.25) is 0 Å². The maximum absolute atomic E-state index is 11.6. The van der Waals surface area contributed by atoms with E-state index in [4.69, 9.17) is 9.47 Å². The van der Waals surface area contributed by atoms with E-state index in [1.165, 1.54) is 6.08 Å². The standard InChI is InChI=1S/C27H30N6O3/c1-4-25(34)28-21-9-7-10-23(19-21)36-26-12-8-11-24-30-27(31-33(24)26)29-20-13-15-22(16-14-20)35-18-17-32(5-2)6-3/h4,7-16,19H,1,5-6,17-18H2,2-3H3,(H,28,34)(H,29,31). The van der Waals surface area contributed by atoms with Crippen LogP contribution in [-0.4, -0.2) is 51.6 Å². The number of hydrogen-bond donors (Lipinski definition) is 2. The lowest BCUT2D eigenvalue weighted by molar-refractivity contribution is -0.111. The molecule has 0 aliphatic heterocycles. The van der Waals surface area contributed by atoms with Crippen molar-refractivity contribution in [3.05, 3.63) is 79.4 Å². The van der Waals surface area contributed by atoms with E-state index < -0.39 is 0 Å². The molecule has 36 heavy (non-hydrogen) atoms. The fraction of sp³-hybridized carbons (Fsp3) is 0.222. The third kappa shape index (κ3) is 6.39. The van der Waals surface area contributed by atoms with Crippen molar-refractivity contribution in [1.29, 1.82) is 0 Å². The summed E-state index contributed by atoms with van der Waals surface area (Å²) in [5, 5.41) is 10.5. The molecule has 0 radical (unpaired) electrons. The number of hydrogen-bond acceptors (Lipinski definition) is 7. The Balaban J connectivity index is 1.42. The van der Waals surface area contributed by atoms with Crippen molar-refractivity contribution in [2.24, 2.45) is 0 Å². The first-order chi connectivity index (χ1) is 17.6. The number of likely N-dealkylation sites (N-methyl/N-ethyl adjacent to an activating group) is 1. The molecule has 0 fully saturated rings. The summed E-state index contributed by atoms with van der Waals surface area (Å²) in [4.78, 5) is 18.4. The van der Waals surface area contributed by atoms with Crippen LogP contribution in [0.25, 0.3) is 5.65 Å². The normalized spacial score (nSPS) is 10.9. The third-order valence-electron chi connectivity index (χ3n) is 5.52. The fourth-order valence-corrected chi connectivity index (χ4v) is 3.56. The van der Waals surface area contributed by atoms with E-state index in [0.29, 0.717) is 35.5 Å². The van der Waals surface area contributed by atoms with E-state index in [0.717, 1.165) is 31.1 Å². The van der Waals surface area contributed by atoms with Crippen LogP contribution < -0.4 is 20.1 Å². The van der Waals surface area contributed by atoms with E-state index >= 15 is 0 Å². The van der Waals surface area contributed by atoms with Gasteiger partial charge in [-0.05, 0) is 61.6 Å². The monoisotopic (exact) mass is 486 g/mol. The summed E-state index contributed by atoms with van der Waals surface area (Å²) in [6.45, 7) is 11.3. The highest BCUT2D eigenvalue weighted by Gasteiger charge is 2.10. The molecule has 0 atom stereocenters. The number of pyridine rings is 1. The zero-order valence-electron chi connectivity index (χ0n) is 20.5. The molecule has 186 valence electrons. The molecule has 2 heterocycles. The first-order valence-electron chi connectivity index (χ1n) is 11.9. The number of benzene rings is 2. The smallest absolute Gasteiger partial charge is 0.247 e. The van der Waals surface area contributed by atoms with Gasteiger partial charge in [-0.3, -0.25) is 4.79 Å². The number of nitrogens with zero attached hydrogens (tertiary/aromatic N) is 4. The van der Waals surface area contributed by atoms with Crippen molar-refractivity contribution in [2.75, 3.05) is 36.9 Å². The van der Waals surface area contributed by atoms with Gasteiger partial charge in [0.1, 0.15) is 18.1 Å². The van der Waals surface area contributed by atoms with Crippen molar-refractivity contribution in [3.8, 4) is 17.4 Å². The summed E-state index contributed by atoms with van der Waals surface area (Å²) in [5.41, 5.74) is 2.07. The van der Waals surface area contributed by atoms with Gasteiger partial charge in [-0.2, -0.15) is 9.50 Å². The number of amides is 1. The van der Waals surface area contributed by atoms with E-state index in [1.807, 2.05) is 36.4 Å². The van der Waals surface area contributed by atoms with Gasteiger partial charge in [-0.15, -0.1) is 5.10 Å². The number of carbonyl (C=O) groups excluding carboxylic acids is 1. The van der Waals surface area contributed by atoms with Crippen LogP contribution in [0, 0.1) is 0 Å². The Morgan fingerprint density at radius 3 is 2.56 bits per heavy atom. The van der Waals surface area contributed by atoms with Gasteiger partial charge in [-0.25, -0.2) is 0 Å². The lowest BCUT2D eigenvalue weighted by Crippen LogP contribution is -2.27. The number of fused-ring (bicyclic) bond motifs is 1.